The third kappa shape index (κ3) is 7.49. The SMILES string of the molecule is c1ccc(-c2cc(-c3ccccc3)cc(-c3ccc(N(c4ccc(-c5ccc6oc7ccccc7c6c5)cc4)c4ccccc4-c4cccc5c4-c4ccccc4C5(c4ccccc4)c4ccccc4)cc3)c2)cc1. The molecule has 13 aromatic rings. The Morgan fingerprint density at radius 3 is 1.32 bits per heavy atom. The zero-order valence-corrected chi connectivity index (χ0v) is 41.1. The van der Waals surface area contributed by atoms with E-state index in [1.165, 1.54) is 66.8 Å². The van der Waals surface area contributed by atoms with Gasteiger partial charge in [0.1, 0.15) is 11.2 Å². The number of hydrogen-bond acceptors (Lipinski definition) is 2. The van der Waals surface area contributed by atoms with Crippen LogP contribution in [0.5, 0.6) is 0 Å². The summed E-state index contributed by atoms with van der Waals surface area (Å²) in [6.07, 6.45) is 0. The number of fused-ring (bicyclic) bond motifs is 6. The van der Waals surface area contributed by atoms with E-state index in [-0.39, 0.29) is 0 Å². The maximum Gasteiger partial charge on any atom is 0.135 e. The second-order valence-corrected chi connectivity index (χ2v) is 19.5. The average Bonchev–Trinajstić information content (AvgIpc) is 4.02. The molecule has 0 aliphatic heterocycles. The van der Waals surface area contributed by atoms with Gasteiger partial charge in [-0.1, -0.05) is 231 Å². The topological polar surface area (TPSA) is 16.4 Å². The Morgan fingerprint density at radius 1 is 0.267 bits per heavy atom. The average molecular weight is 956 g/mol. The summed E-state index contributed by atoms with van der Waals surface area (Å²) >= 11 is 0. The lowest BCUT2D eigenvalue weighted by atomic mass is 9.67. The fourth-order valence-electron chi connectivity index (χ4n) is 11.9. The molecule has 75 heavy (non-hydrogen) atoms. The monoisotopic (exact) mass is 955 g/mol. The van der Waals surface area contributed by atoms with Crippen molar-refractivity contribution in [3.8, 4) is 66.8 Å². The van der Waals surface area contributed by atoms with Crippen molar-refractivity contribution >= 4 is 39.0 Å². The van der Waals surface area contributed by atoms with E-state index in [9.17, 15) is 0 Å². The normalized spacial score (nSPS) is 12.4. The summed E-state index contributed by atoms with van der Waals surface area (Å²) in [5.74, 6) is 0. The predicted octanol–water partition coefficient (Wildman–Crippen LogP) is 19.8. The van der Waals surface area contributed by atoms with Crippen molar-refractivity contribution < 1.29 is 4.42 Å². The Balaban J connectivity index is 0.941. The van der Waals surface area contributed by atoms with Gasteiger partial charge < -0.3 is 9.32 Å². The van der Waals surface area contributed by atoms with Crippen molar-refractivity contribution in [2.24, 2.45) is 0 Å². The molecular weight excluding hydrogens is 907 g/mol. The maximum absolute atomic E-state index is 6.22. The van der Waals surface area contributed by atoms with Crippen LogP contribution < -0.4 is 4.90 Å². The van der Waals surface area contributed by atoms with Gasteiger partial charge in [-0.3, -0.25) is 0 Å². The van der Waals surface area contributed by atoms with Crippen LogP contribution in [-0.4, -0.2) is 0 Å². The van der Waals surface area contributed by atoms with Crippen LogP contribution in [0.3, 0.4) is 0 Å². The van der Waals surface area contributed by atoms with Gasteiger partial charge >= 0.3 is 0 Å². The fraction of sp³-hybridized carbons (Fsp3) is 0.0137. The van der Waals surface area contributed by atoms with E-state index in [0.717, 1.165) is 61.3 Å². The Bertz CT molecular complexity index is 4100. The molecule has 0 radical (unpaired) electrons. The van der Waals surface area contributed by atoms with Crippen LogP contribution in [0.15, 0.2) is 302 Å². The molecule has 1 aromatic heterocycles. The smallest absolute Gasteiger partial charge is 0.135 e. The highest BCUT2D eigenvalue weighted by Crippen LogP contribution is 2.59. The number of nitrogens with zero attached hydrogens (tertiary/aromatic N) is 1. The first-order valence-corrected chi connectivity index (χ1v) is 25.8. The fourth-order valence-corrected chi connectivity index (χ4v) is 11.9. The molecule has 0 amide bonds. The molecule has 1 aliphatic carbocycles. The number of anilines is 3. The molecular formula is C73H49NO. The molecule has 12 aromatic carbocycles. The first-order valence-electron chi connectivity index (χ1n) is 25.8. The summed E-state index contributed by atoms with van der Waals surface area (Å²) in [7, 11) is 0. The van der Waals surface area contributed by atoms with Gasteiger partial charge in [-0.05, 0) is 150 Å². The first-order chi connectivity index (χ1) is 37.2. The van der Waals surface area contributed by atoms with E-state index in [1.807, 2.05) is 12.1 Å². The minimum Gasteiger partial charge on any atom is -0.456 e. The van der Waals surface area contributed by atoms with E-state index in [2.05, 4.69) is 290 Å². The molecule has 0 atom stereocenters. The number of benzene rings is 12. The highest BCUT2D eigenvalue weighted by atomic mass is 16.3. The van der Waals surface area contributed by atoms with Crippen LogP contribution >= 0.6 is 0 Å². The molecule has 1 heterocycles. The van der Waals surface area contributed by atoms with Gasteiger partial charge in [-0.15, -0.1) is 0 Å². The molecule has 352 valence electrons. The number of furan rings is 1. The van der Waals surface area contributed by atoms with Crippen molar-refractivity contribution in [2.75, 3.05) is 4.90 Å². The Kier molecular flexibility index (Phi) is 10.8. The second kappa shape index (κ2) is 18.4. The Hall–Kier alpha value is -9.76. The lowest BCUT2D eigenvalue weighted by Gasteiger charge is -2.34. The molecule has 0 unspecified atom stereocenters. The van der Waals surface area contributed by atoms with Crippen molar-refractivity contribution in [1.82, 2.24) is 0 Å². The van der Waals surface area contributed by atoms with E-state index in [4.69, 9.17) is 4.42 Å². The van der Waals surface area contributed by atoms with Crippen molar-refractivity contribution in [3.05, 3.63) is 320 Å². The van der Waals surface area contributed by atoms with Crippen LogP contribution in [0.1, 0.15) is 22.3 Å². The standard InChI is InChI=1S/C73H49NO/c1-5-20-50(21-6-1)55-46-56(51-22-7-2-8-23-51)48-57(47-55)53-38-43-61(44-39-53)74(60-41-36-52(37-42-60)54-40-45-71-66(49-54)63-29-15-18-35-70(63)75-71)69-34-17-14-28-62(69)64-31-19-33-68-72(64)65-30-13-16-32-67(65)73(68,58-24-9-3-10-25-58)59-26-11-4-12-27-59/h1-49H. The minimum atomic E-state index is -0.519. The van der Waals surface area contributed by atoms with Gasteiger partial charge in [0, 0.05) is 27.7 Å². The van der Waals surface area contributed by atoms with Crippen molar-refractivity contribution in [1.29, 1.82) is 0 Å². The summed E-state index contributed by atoms with van der Waals surface area (Å²) < 4.78 is 6.22. The largest absolute Gasteiger partial charge is 0.456 e. The summed E-state index contributed by atoms with van der Waals surface area (Å²) in [5.41, 5.74) is 23.7. The van der Waals surface area contributed by atoms with Crippen LogP contribution in [-0.2, 0) is 5.41 Å². The van der Waals surface area contributed by atoms with Crippen LogP contribution in [0.2, 0.25) is 0 Å². The van der Waals surface area contributed by atoms with Gasteiger partial charge in [0.05, 0.1) is 11.1 Å². The zero-order chi connectivity index (χ0) is 49.7. The lowest BCUT2D eigenvalue weighted by molar-refractivity contribution is 0.669. The third-order valence-electron chi connectivity index (χ3n) is 15.4. The molecule has 0 spiro atoms. The van der Waals surface area contributed by atoms with E-state index in [1.54, 1.807) is 0 Å². The number of rotatable bonds is 10. The molecule has 14 rings (SSSR count). The highest BCUT2D eigenvalue weighted by Gasteiger charge is 2.47. The summed E-state index contributed by atoms with van der Waals surface area (Å²) in [5, 5.41) is 2.24. The van der Waals surface area contributed by atoms with Gasteiger partial charge in [0.2, 0.25) is 0 Å². The van der Waals surface area contributed by atoms with Gasteiger partial charge in [0.25, 0.3) is 0 Å². The molecule has 0 saturated carbocycles. The molecule has 0 saturated heterocycles. The summed E-state index contributed by atoms with van der Waals surface area (Å²) in [6.45, 7) is 0. The molecule has 0 N–H and O–H groups in total. The lowest BCUT2D eigenvalue weighted by Crippen LogP contribution is -2.28. The zero-order valence-electron chi connectivity index (χ0n) is 41.1. The quantitative estimate of drug-likeness (QED) is 0.136. The molecule has 2 heteroatoms. The molecule has 1 aliphatic rings. The van der Waals surface area contributed by atoms with Gasteiger partial charge in [-0.2, -0.15) is 0 Å². The summed E-state index contributed by atoms with van der Waals surface area (Å²) in [4.78, 5) is 2.44. The van der Waals surface area contributed by atoms with Crippen LogP contribution in [0.25, 0.3) is 88.7 Å². The second-order valence-electron chi connectivity index (χ2n) is 19.5. The molecule has 0 fully saturated rings. The summed E-state index contributed by atoms with van der Waals surface area (Å²) in [6, 6.07) is 108. The first kappa shape index (κ1) is 44.0. The van der Waals surface area contributed by atoms with Crippen molar-refractivity contribution in [3.63, 3.8) is 0 Å². The number of para-hydroxylation sites is 2. The third-order valence-corrected chi connectivity index (χ3v) is 15.4. The van der Waals surface area contributed by atoms with Crippen LogP contribution in [0.4, 0.5) is 17.1 Å². The van der Waals surface area contributed by atoms with Crippen LogP contribution in [0, 0.1) is 0 Å². The predicted molar refractivity (Wildman–Crippen MR) is 313 cm³/mol. The minimum absolute atomic E-state index is 0.519. The van der Waals surface area contributed by atoms with Gasteiger partial charge in [0.15, 0.2) is 0 Å². The Labute approximate surface area is 437 Å². The van der Waals surface area contributed by atoms with E-state index >= 15 is 0 Å². The Morgan fingerprint density at radius 2 is 0.707 bits per heavy atom. The maximum atomic E-state index is 6.22. The molecule has 2 nitrogen and oxygen atoms in total. The van der Waals surface area contributed by atoms with Gasteiger partial charge in [-0.25, -0.2) is 0 Å². The number of hydrogen-bond donors (Lipinski definition) is 0. The highest BCUT2D eigenvalue weighted by molar-refractivity contribution is 6.06. The van der Waals surface area contributed by atoms with E-state index in [0.29, 0.717) is 0 Å². The van der Waals surface area contributed by atoms with E-state index < -0.39 is 5.41 Å². The van der Waals surface area contributed by atoms with Crippen molar-refractivity contribution in [2.45, 2.75) is 5.41 Å². The molecule has 0 bridgehead atoms.